The number of hydrogen-bond acceptors (Lipinski definition) is 8. The van der Waals surface area contributed by atoms with E-state index in [-0.39, 0.29) is 17.4 Å². The fourth-order valence-electron chi connectivity index (χ4n) is 2.96. The summed E-state index contributed by atoms with van der Waals surface area (Å²) in [5.74, 6) is -1.09. The number of carbonyl (C=O) groups is 1. The van der Waals surface area contributed by atoms with Gasteiger partial charge in [-0.3, -0.25) is 4.79 Å². The maximum Gasteiger partial charge on any atom is 0.434 e. The Hall–Kier alpha value is -4.36. The fraction of sp³-hybridized carbons (Fsp3) is 0.167. The molecule has 1 amide bonds. The van der Waals surface area contributed by atoms with Crippen LogP contribution in [0.2, 0.25) is 0 Å². The van der Waals surface area contributed by atoms with Crippen LogP contribution in [0.5, 0.6) is 5.88 Å². The van der Waals surface area contributed by atoms with Crippen molar-refractivity contribution < 1.29 is 22.7 Å². The molecule has 1 aromatic carbocycles. The second-order valence-corrected chi connectivity index (χ2v) is 6.46. The number of rotatable bonds is 5. The third-order valence-corrected chi connectivity index (χ3v) is 4.39. The van der Waals surface area contributed by atoms with E-state index in [2.05, 4.69) is 36.1 Å². The first kappa shape index (κ1) is 20.9. The molecule has 0 unspecified atom stereocenters. The lowest BCUT2D eigenvalue weighted by atomic mass is 10.1. The van der Waals surface area contributed by atoms with Gasteiger partial charge in [-0.15, -0.1) is 15.3 Å². The zero-order valence-corrected chi connectivity index (χ0v) is 16.6. The number of carbonyl (C=O) groups excluding carboxylic acids is 1. The highest BCUT2D eigenvalue weighted by atomic mass is 19.4. The van der Waals surface area contributed by atoms with E-state index in [9.17, 15) is 18.0 Å². The normalized spacial score (nSPS) is 11.4. The minimum absolute atomic E-state index is 0.118. The molecule has 14 heteroatoms. The molecule has 11 nitrogen and oxygen atoms in total. The Balaban J connectivity index is 1.65. The molecule has 3 heterocycles. The van der Waals surface area contributed by atoms with E-state index < -0.39 is 23.3 Å². The Bertz CT molecular complexity index is 1250. The van der Waals surface area contributed by atoms with Gasteiger partial charge in [-0.1, -0.05) is 0 Å². The van der Waals surface area contributed by atoms with Gasteiger partial charge in [0.25, 0.3) is 5.91 Å². The fourth-order valence-corrected chi connectivity index (χ4v) is 2.96. The molecule has 0 aliphatic heterocycles. The summed E-state index contributed by atoms with van der Waals surface area (Å²) in [7, 11) is 1.35. The molecule has 0 spiro atoms. The van der Waals surface area contributed by atoms with Crippen LogP contribution in [0.25, 0.3) is 11.5 Å². The standard InChI is InChI=1S/C18H14F3N9O2/c1-10-7-11(3-4-13(10)29-9-22-27-28-29)24-17(31)12-8-23-30(16(12)18(19,20)21)14-5-6-15(32-2)26-25-14/h3-9H,1-2H3,(H,24,31). The molecule has 0 bridgehead atoms. The second-order valence-electron chi connectivity index (χ2n) is 6.46. The van der Waals surface area contributed by atoms with Crippen LogP contribution in [0.3, 0.4) is 0 Å². The number of aromatic nitrogens is 8. The molecule has 3 aromatic heterocycles. The molecule has 0 aliphatic rings. The van der Waals surface area contributed by atoms with Gasteiger partial charge >= 0.3 is 6.18 Å². The summed E-state index contributed by atoms with van der Waals surface area (Å²) in [5, 5.41) is 24.4. The van der Waals surface area contributed by atoms with Gasteiger partial charge in [0.15, 0.2) is 11.5 Å². The number of amides is 1. The number of alkyl halides is 3. The van der Waals surface area contributed by atoms with Crippen LogP contribution in [0, 0.1) is 6.92 Å². The highest BCUT2D eigenvalue weighted by Gasteiger charge is 2.41. The van der Waals surface area contributed by atoms with Crippen LogP contribution < -0.4 is 10.1 Å². The summed E-state index contributed by atoms with van der Waals surface area (Å²) in [5.41, 5.74) is -0.325. The van der Waals surface area contributed by atoms with E-state index in [0.717, 1.165) is 6.20 Å². The van der Waals surface area contributed by atoms with Crippen molar-refractivity contribution in [1.29, 1.82) is 0 Å². The van der Waals surface area contributed by atoms with Gasteiger partial charge in [0.05, 0.1) is 24.6 Å². The third kappa shape index (κ3) is 3.97. The van der Waals surface area contributed by atoms with Gasteiger partial charge in [0.1, 0.15) is 6.33 Å². The summed E-state index contributed by atoms with van der Waals surface area (Å²) in [6, 6.07) is 7.31. The summed E-state index contributed by atoms with van der Waals surface area (Å²) >= 11 is 0. The molecule has 4 rings (SSSR count). The first-order valence-corrected chi connectivity index (χ1v) is 8.96. The molecule has 1 N–H and O–H groups in total. The third-order valence-electron chi connectivity index (χ3n) is 4.39. The highest BCUT2D eigenvalue weighted by molar-refractivity contribution is 6.05. The molecular weight excluding hydrogens is 431 g/mol. The number of halogens is 3. The number of ether oxygens (including phenoxy) is 1. The summed E-state index contributed by atoms with van der Waals surface area (Å²) < 4.78 is 48.2. The van der Waals surface area contributed by atoms with Crippen molar-refractivity contribution in [2.75, 3.05) is 12.4 Å². The summed E-state index contributed by atoms with van der Waals surface area (Å²) in [6.45, 7) is 1.74. The molecule has 32 heavy (non-hydrogen) atoms. The van der Waals surface area contributed by atoms with Crippen LogP contribution >= 0.6 is 0 Å². The molecular formula is C18H14F3N9O2. The van der Waals surface area contributed by atoms with E-state index in [4.69, 9.17) is 4.74 Å². The van der Waals surface area contributed by atoms with Gasteiger partial charge in [-0.2, -0.15) is 18.3 Å². The lowest BCUT2D eigenvalue weighted by Crippen LogP contribution is -2.21. The van der Waals surface area contributed by atoms with Crippen molar-refractivity contribution in [3.8, 4) is 17.4 Å². The lowest BCUT2D eigenvalue weighted by molar-refractivity contribution is -0.143. The Labute approximate surface area is 177 Å². The quantitative estimate of drug-likeness (QED) is 0.496. The van der Waals surface area contributed by atoms with Crippen LogP contribution in [-0.2, 0) is 6.18 Å². The summed E-state index contributed by atoms with van der Waals surface area (Å²) in [4.78, 5) is 12.7. The number of benzene rings is 1. The number of anilines is 1. The Morgan fingerprint density at radius 2 is 1.97 bits per heavy atom. The highest BCUT2D eigenvalue weighted by Crippen LogP contribution is 2.34. The first-order valence-electron chi connectivity index (χ1n) is 8.96. The number of nitrogens with zero attached hydrogens (tertiary/aromatic N) is 8. The van der Waals surface area contributed by atoms with E-state index in [1.807, 2.05) is 0 Å². The SMILES string of the molecule is COc1ccc(-n2ncc(C(=O)Nc3ccc(-n4cnnn4)c(C)c3)c2C(F)(F)F)nn1. The van der Waals surface area contributed by atoms with E-state index in [1.54, 1.807) is 19.1 Å². The van der Waals surface area contributed by atoms with E-state index in [1.165, 1.54) is 36.3 Å². The average Bonchev–Trinajstić information content (AvgIpc) is 3.44. The van der Waals surface area contributed by atoms with E-state index >= 15 is 0 Å². The maximum absolute atomic E-state index is 13.8. The topological polar surface area (TPSA) is 126 Å². The maximum atomic E-state index is 13.8. The Morgan fingerprint density at radius 3 is 2.56 bits per heavy atom. The molecule has 4 aromatic rings. The van der Waals surface area contributed by atoms with Gasteiger partial charge < -0.3 is 10.1 Å². The predicted molar refractivity (Wildman–Crippen MR) is 103 cm³/mol. The van der Waals surface area contributed by atoms with Crippen molar-refractivity contribution in [1.82, 2.24) is 40.2 Å². The van der Waals surface area contributed by atoms with Crippen molar-refractivity contribution in [2.45, 2.75) is 13.1 Å². The van der Waals surface area contributed by atoms with Crippen LogP contribution in [0.4, 0.5) is 18.9 Å². The molecule has 0 radical (unpaired) electrons. The van der Waals surface area contributed by atoms with Crippen LogP contribution in [0.15, 0.2) is 42.9 Å². The first-order chi connectivity index (χ1) is 15.3. The van der Waals surface area contributed by atoms with Crippen molar-refractivity contribution in [2.24, 2.45) is 0 Å². The van der Waals surface area contributed by atoms with Crippen LogP contribution in [-0.4, -0.2) is 53.2 Å². The van der Waals surface area contributed by atoms with Crippen LogP contribution in [0.1, 0.15) is 21.6 Å². The van der Waals surface area contributed by atoms with E-state index in [0.29, 0.717) is 15.9 Å². The molecule has 164 valence electrons. The monoisotopic (exact) mass is 445 g/mol. The van der Waals surface area contributed by atoms with Gasteiger partial charge in [0, 0.05) is 11.8 Å². The predicted octanol–water partition coefficient (Wildman–Crippen LogP) is 2.23. The number of methoxy groups -OCH3 is 1. The van der Waals surface area contributed by atoms with Gasteiger partial charge in [0.2, 0.25) is 5.88 Å². The Morgan fingerprint density at radius 1 is 1.16 bits per heavy atom. The van der Waals surface area contributed by atoms with Gasteiger partial charge in [-0.05, 0) is 47.2 Å². The second kappa shape index (κ2) is 8.05. The smallest absolute Gasteiger partial charge is 0.434 e. The largest absolute Gasteiger partial charge is 0.480 e. The minimum Gasteiger partial charge on any atom is -0.480 e. The zero-order valence-electron chi connectivity index (χ0n) is 16.6. The number of nitrogens with one attached hydrogen (secondary N) is 1. The minimum atomic E-state index is -4.88. The lowest BCUT2D eigenvalue weighted by Gasteiger charge is -2.13. The number of aryl methyl sites for hydroxylation is 1. The average molecular weight is 445 g/mol. The number of hydrogen-bond donors (Lipinski definition) is 1. The zero-order chi connectivity index (χ0) is 22.9. The molecule has 0 aliphatic carbocycles. The molecule has 0 saturated carbocycles. The number of tetrazole rings is 1. The molecule has 0 saturated heterocycles. The summed E-state index contributed by atoms with van der Waals surface area (Å²) in [6.07, 6.45) is -2.66. The molecule has 0 atom stereocenters. The molecule has 0 fully saturated rings. The van der Waals surface area contributed by atoms with Gasteiger partial charge in [-0.25, -0.2) is 9.36 Å². The van der Waals surface area contributed by atoms with Crippen molar-refractivity contribution >= 4 is 11.6 Å². The Kier molecular flexibility index (Phi) is 5.26. The van der Waals surface area contributed by atoms with Crippen molar-refractivity contribution in [3.63, 3.8) is 0 Å². The van der Waals surface area contributed by atoms with Crippen molar-refractivity contribution in [3.05, 3.63) is 59.7 Å².